The van der Waals surface area contributed by atoms with Crippen LogP contribution in [0.3, 0.4) is 0 Å². The van der Waals surface area contributed by atoms with E-state index in [0.29, 0.717) is 12.3 Å². The minimum atomic E-state index is -0.355. The molecule has 1 aliphatic heterocycles. The van der Waals surface area contributed by atoms with E-state index in [0.717, 1.165) is 23.4 Å². The van der Waals surface area contributed by atoms with Crippen molar-refractivity contribution in [1.29, 1.82) is 5.26 Å². The van der Waals surface area contributed by atoms with Gasteiger partial charge in [-0.25, -0.2) is 0 Å². The van der Waals surface area contributed by atoms with Gasteiger partial charge in [0, 0.05) is 22.9 Å². The van der Waals surface area contributed by atoms with Crippen molar-refractivity contribution < 1.29 is 4.79 Å². The summed E-state index contributed by atoms with van der Waals surface area (Å²) in [6.07, 6.45) is 3.32. The molecule has 1 amide bonds. The molecule has 1 saturated heterocycles. The fourth-order valence-electron chi connectivity index (χ4n) is 3.76. The maximum atomic E-state index is 12.5. The average molecular weight is 411 g/mol. The number of nitriles is 1. The van der Waals surface area contributed by atoms with Crippen molar-refractivity contribution in [3.05, 3.63) is 40.6 Å². The molecule has 0 aliphatic carbocycles. The SMILES string of the molecule is CC(C)C[C@H](Nc1cscc1-c1ccc(CN2CCCC2)cc1)C(=O)NCC#N. The first-order valence-electron chi connectivity index (χ1n) is 10.4. The molecule has 2 aromatic rings. The lowest BCUT2D eigenvalue weighted by Gasteiger charge is -2.21. The molecular weight excluding hydrogens is 380 g/mol. The Kier molecular flexibility index (Phi) is 7.68. The van der Waals surface area contributed by atoms with Crippen LogP contribution < -0.4 is 10.6 Å². The highest BCUT2D eigenvalue weighted by Crippen LogP contribution is 2.33. The van der Waals surface area contributed by atoms with Crippen molar-refractivity contribution in [3.63, 3.8) is 0 Å². The predicted molar refractivity (Wildman–Crippen MR) is 120 cm³/mol. The van der Waals surface area contributed by atoms with Gasteiger partial charge in [-0.2, -0.15) is 5.26 Å². The zero-order valence-electron chi connectivity index (χ0n) is 17.3. The first-order chi connectivity index (χ1) is 14.1. The van der Waals surface area contributed by atoms with E-state index < -0.39 is 0 Å². The smallest absolute Gasteiger partial charge is 0.243 e. The maximum Gasteiger partial charge on any atom is 0.243 e. The van der Waals surface area contributed by atoms with Gasteiger partial charge in [0.05, 0.1) is 11.8 Å². The number of hydrogen-bond donors (Lipinski definition) is 2. The number of carbonyl (C=O) groups excluding carboxylic acids is 1. The third-order valence-electron chi connectivity index (χ3n) is 5.23. The molecule has 1 atom stereocenters. The summed E-state index contributed by atoms with van der Waals surface area (Å²) >= 11 is 1.63. The van der Waals surface area contributed by atoms with E-state index in [2.05, 4.69) is 64.4 Å². The number of nitrogens with one attached hydrogen (secondary N) is 2. The van der Waals surface area contributed by atoms with Gasteiger partial charge in [-0.3, -0.25) is 9.69 Å². The molecule has 1 aliphatic rings. The molecule has 1 fully saturated rings. The van der Waals surface area contributed by atoms with E-state index >= 15 is 0 Å². The zero-order valence-corrected chi connectivity index (χ0v) is 18.1. The Bertz CT molecular complexity index is 831. The van der Waals surface area contributed by atoms with Gasteiger partial charge in [0.2, 0.25) is 5.91 Å². The normalized spacial score (nSPS) is 15.2. The van der Waals surface area contributed by atoms with Crippen LogP contribution in [0.2, 0.25) is 0 Å². The van der Waals surface area contributed by atoms with Crippen LogP contribution in [-0.4, -0.2) is 36.5 Å². The first kappa shape index (κ1) is 21.4. The highest BCUT2D eigenvalue weighted by Gasteiger charge is 2.21. The Morgan fingerprint density at radius 3 is 2.59 bits per heavy atom. The van der Waals surface area contributed by atoms with E-state index in [1.54, 1.807) is 11.3 Å². The van der Waals surface area contributed by atoms with Gasteiger partial charge in [0.15, 0.2) is 0 Å². The summed E-state index contributed by atoms with van der Waals surface area (Å²) in [5.41, 5.74) is 4.58. The molecule has 5 nitrogen and oxygen atoms in total. The molecule has 6 heteroatoms. The summed E-state index contributed by atoms with van der Waals surface area (Å²) in [4.78, 5) is 15.0. The highest BCUT2D eigenvalue weighted by atomic mass is 32.1. The third-order valence-corrected chi connectivity index (χ3v) is 5.97. The van der Waals surface area contributed by atoms with Crippen LogP contribution in [0.1, 0.15) is 38.7 Å². The molecule has 29 heavy (non-hydrogen) atoms. The molecule has 1 aromatic heterocycles. The molecule has 0 saturated carbocycles. The minimum Gasteiger partial charge on any atom is -0.372 e. The van der Waals surface area contributed by atoms with Gasteiger partial charge < -0.3 is 10.6 Å². The van der Waals surface area contributed by atoms with Crippen LogP contribution in [0.4, 0.5) is 5.69 Å². The van der Waals surface area contributed by atoms with Crippen LogP contribution in [0.5, 0.6) is 0 Å². The summed E-state index contributed by atoms with van der Waals surface area (Å²) in [5, 5.41) is 19.0. The molecule has 0 spiro atoms. The predicted octanol–water partition coefficient (Wildman–Crippen LogP) is 4.48. The Morgan fingerprint density at radius 2 is 1.93 bits per heavy atom. The van der Waals surface area contributed by atoms with Gasteiger partial charge in [-0.05, 0) is 49.4 Å². The van der Waals surface area contributed by atoms with E-state index in [4.69, 9.17) is 5.26 Å². The second-order valence-electron chi connectivity index (χ2n) is 8.08. The first-order valence-corrected chi connectivity index (χ1v) is 11.3. The van der Waals surface area contributed by atoms with Gasteiger partial charge in [0.1, 0.15) is 12.6 Å². The monoisotopic (exact) mass is 410 g/mol. The van der Waals surface area contributed by atoms with Crippen molar-refractivity contribution >= 4 is 22.9 Å². The van der Waals surface area contributed by atoms with Gasteiger partial charge in [-0.1, -0.05) is 38.1 Å². The standard InChI is InChI=1S/C23H30N4OS/c1-17(2)13-21(23(28)25-10-9-24)26-22-16-29-15-20(22)19-7-5-18(6-8-19)14-27-11-3-4-12-27/h5-8,15-17,21,26H,3-4,10-14H2,1-2H3,(H,25,28)/t21-/m0/s1. The summed E-state index contributed by atoms with van der Waals surface area (Å²) in [7, 11) is 0. The number of amides is 1. The summed E-state index contributed by atoms with van der Waals surface area (Å²) < 4.78 is 0. The number of nitrogens with zero attached hydrogens (tertiary/aromatic N) is 2. The van der Waals surface area contributed by atoms with Crippen molar-refractivity contribution in [2.45, 2.75) is 45.7 Å². The van der Waals surface area contributed by atoms with Crippen LogP contribution >= 0.6 is 11.3 Å². The van der Waals surface area contributed by atoms with Crippen molar-refractivity contribution in [3.8, 4) is 17.2 Å². The number of anilines is 1. The lowest BCUT2D eigenvalue weighted by atomic mass is 10.0. The molecule has 0 unspecified atom stereocenters. The van der Waals surface area contributed by atoms with Crippen LogP contribution in [-0.2, 0) is 11.3 Å². The van der Waals surface area contributed by atoms with Crippen LogP contribution in [0, 0.1) is 17.2 Å². The van der Waals surface area contributed by atoms with E-state index in [1.165, 1.54) is 31.5 Å². The third kappa shape index (κ3) is 6.06. The van der Waals surface area contributed by atoms with Gasteiger partial charge in [0.25, 0.3) is 0 Å². The molecule has 0 bridgehead atoms. The number of carbonyl (C=O) groups is 1. The largest absolute Gasteiger partial charge is 0.372 e. The van der Waals surface area contributed by atoms with Gasteiger partial charge in [-0.15, -0.1) is 11.3 Å². The second-order valence-corrected chi connectivity index (χ2v) is 8.83. The fraction of sp³-hybridized carbons (Fsp3) is 0.478. The molecule has 0 radical (unpaired) electrons. The Labute approximate surface area is 177 Å². The summed E-state index contributed by atoms with van der Waals surface area (Å²) in [5.74, 6) is 0.241. The number of likely N-dealkylation sites (tertiary alicyclic amines) is 1. The Balaban J connectivity index is 1.71. The Hall–Kier alpha value is -2.36. The molecule has 3 rings (SSSR count). The topological polar surface area (TPSA) is 68.2 Å². The van der Waals surface area contributed by atoms with Crippen molar-refractivity contribution in [2.75, 3.05) is 25.0 Å². The number of thiophene rings is 1. The lowest BCUT2D eigenvalue weighted by Crippen LogP contribution is -2.40. The van der Waals surface area contributed by atoms with Crippen molar-refractivity contribution in [1.82, 2.24) is 10.2 Å². The maximum absolute atomic E-state index is 12.5. The second kappa shape index (κ2) is 10.4. The van der Waals surface area contributed by atoms with Crippen LogP contribution in [0.15, 0.2) is 35.0 Å². The number of rotatable bonds is 9. The number of hydrogen-bond acceptors (Lipinski definition) is 5. The highest BCUT2D eigenvalue weighted by molar-refractivity contribution is 7.08. The van der Waals surface area contributed by atoms with E-state index in [1.807, 2.05) is 6.07 Å². The average Bonchev–Trinajstić information content (AvgIpc) is 3.38. The van der Waals surface area contributed by atoms with Crippen molar-refractivity contribution in [2.24, 2.45) is 5.92 Å². The van der Waals surface area contributed by atoms with E-state index in [9.17, 15) is 4.79 Å². The zero-order chi connectivity index (χ0) is 20.6. The summed E-state index contributed by atoms with van der Waals surface area (Å²) in [6.45, 7) is 7.64. The summed E-state index contributed by atoms with van der Waals surface area (Å²) in [6, 6.07) is 10.4. The number of benzene rings is 1. The van der Waals surface area contributed by atoms with Gasteiger partial charge >= 0.3 is 0 Å². The molecule has 2 N–H and O–H groups in total. The molecule has 154 valence electrons. The van der Waals surface area contributed by atoms with Crippen LogP contribution in [0.25, 0.3) is 11.1 Å². The quantitative estimate of drug-likeness (QED) is 0.598. The Morgan fingerprint density at radius 1 is 1.21 bits per heavy atom. The molecular formula is C23H30N4OS. The molecule has 1 aromatic carbocycles. The minimum absolute atomic E-state index is 0.0318. The van der Waals surface area contributed by atoms with E-state index in [-0.39, 0.29) is 18.5 Å². The molecule has 2 heterocycles. The lowest BCUT2D eigenvalue weighted by molar-refractivity contribution is -0.121. The fourth-order valence-corrected chi connectivity index (χ4v) is 4.56.